The van der Waals surface area contributed by atoms with Crippen molar-refractivity contribution in [2.75, 3.05) is 0 Å². The largest absolute Gasteiger partial charge is 0.501 e. The smallest absolute Gasteiger partial charge is 0.240 e. The molecule has 1 aliphatic rings. The molecule has 21 heavy (non-hydrogen) atoms. The fraction of sp³-hybridized carbons (Fsp3) is 0.286. The summed E-state index contributed by atoms with van der Waals surface area (Å²) in [5.41, 5.74) is 0.824. The van der Waals surface area contributed by atoms with Crippen molar-refractivity contribution in [2.45, 2.75) is 18.9 Å². The highest BCUT2D eigenvalue weighted by Gasteiger charge is 2.29. The predicted molar refractivity (Wildman–Crippen MR) is 86.2 cm³/mol. The first-order valence-electron chi connectivity index (χ1n) is 6.27. The summed E-state index contributed by atoms with van der Waals surface area (Å²) in [6.45, 7) is 7.40. The van der Waals surface area contributed by atoms with E-state index in [1.165, 1.54) is 10.7 Å². The molecule has 1 aromatic heterocycles. The van der Waals surface area contributed by atoms with Crippen LogP contribution in [0.4, 0.5) is 10.1 Å². The Kier molecular flexibility index (Phi) is 3.80. The summed E-state index contributed by atoms with van der Waals surface area (Å²) in [4.78, 5) is 3.47. The number of aryl methyl sites for hydroxylation is 1. The Morgan fingerprint density at radius 2 is 2.29 bits per heavy atom. The molecule has 7 heteroatoms. The first-order chi connectivity index (χ1) is 10.0. The van der Waals surface area contributed by atoms with Crippen LogP contribution in [0.2, 0.25) is 5.02 Å². The number of nitrogens with zero attached hydrogens (tertiary/aromatic N) is 3. The summed E-state index contributed by atoms with van der Waals surface area (Å²) in [6.07, 6.45) is 3.62. The van der Waals surface area contributed by atoms with Gasteiger partial charge in [0.05, 0.1) is 33.2 Å². The van der Waals surface area contributed by atoms with Gasteiger partial charge in [0.2, 0.25) is 5.69 Å². The zero-order valence-corrected chi connectivity index (χ0v) is 13.9. The fourth-order valence-corrected chi connectivity index (χ4v) is 3.00. The molecule has 1 heterocycles. The van der Waals surface area contributed by atoms with Crippen LogP contribution in [0, 0.1) is 16.0 Å². The molecule has 1 saturated carbocycles. The van der Waals surface area contributed by atoms with Gasteiger partial charge in [-0.15, -0.1) is 0 Å². The molecule has 0 amide bonds. The van der Waals surface area contributed by atoms with Crippen molar-refractivity contribution in [1.29, 1.82) is 0 Å². The van der Waals surface area contributed by atoms with Gasteiger partial charge in [-0.25, -0.2) is 9.24 Å². The molecule has 0 N–H and O–H groups in total. The standard InChI is InChI=1S/C14H10ClFIN3O/c1-18-13-10(21-7-3-4-7)5-8(15)12(16)11(13)14-9(17)6-19-20(14)2/h5-7H,3-4H2,2H3. The second-order valence-electron chi connectivity index (χ2n) is 4.79. The molecule has 2 aromatic rings. The van der Waals surface area contributed by atoms with Gasteiger partial charge < -0.3 is 4.74 Å². The molecule has 1 fully saturated rings. The van der Waals surface area contributed by atoms with E-state index in [2.05, 4.69) is 32.5 Å². The van der Waals surface area contributed by atoms with Crippen molar-refractivity contribution in [2.24, 2.45) is 7.05 Å². The van der Waals surface area contributed by atoms with Gasteiger partial charge in [-0.2, -0.15) is 5.10 Å². The number of aromatic nitrogens is 2. The minimum Gasteiger partial charge on any atom is -0.501 e. The van der Waals surface area contributed by atoms with Crippen LogP contribution in [-0.4, -0.2) is 15.9 Å². The molecule has 0 aliphatic heterocycles. The maximum Gasteiger partial charge on any atom is 0.240 e. The van der Waals surface area contributed by atoms with Crippen LogP contribution < -0.4 is 4.74 Å². The van der Waals surface area contributed by atoms with Crippen molar-refractivity contribution in [3.63, 3.8) is 0 Å². The van der Waals surface area contributed by atoms with Crippen LogP contribution in [0.25, 0.3) is 16.1 Å². The van der Waals surface area contributed by atoms with Gasteiger partial charge in [-0.3, -0.25) is 4.68 Å². The van der Waals surface area contributed by atoms with Gasteiger partial charge in [-0.1, -0.05) is 11.6 Å². The van der Waals surface area contributed by atoms with E-state index in [0.717, 1.165) is 16.4 Å². The van der Waals surface area contributed by atoms with Gasteiger partial charge >= 0.3 is 0 Å². The molecule has 0 unspecified atom stereocenters. The van der Waals surface area contributed by atoms with E-state index in [1.54, 1.807) is 13.2 Å². The van der Waals surface area contributed by atoms with Crippen LogP contribution in [0.1, 0.15) is 12.8 Å². The summed E-state index contributed by atoms with van der Waals surface area (Å²) in [6, 6.07) is 1.38. The fourth-order valence-electron chi connectivity index (χ4n) is 2.07. The summed E-state index contributed by atoms with van der Waals surface area (Å²) in [5, 5.41) is 4.05. The number of benzene rings is 1. The van der Waals surface area contributed by atoms with E-state index in [4.69, 9.17) is 22.9 Å². The van der Waals surface area contributed by atoms with E-state index in [9.17, 15) is 4.39 Å². The third-order valence-electron chi connectivity index (χ3n) is 3.22. The average Bonchev–Trinajstić information content (AvgIpc) is 3.20. The van der Waals surface area contributed by atoms with Crippen LogP contribution >= 0.6 is 34.2 Å². The molecule has 0 radical (unpaired) electrons. The summed E-state index contributed by atoms with van der Waals surface area (Å²) in [7, 11) is 1.70. The zero-order chi connectivity index (χ0) is 15.1. The predicted octanol–water partition coefficient (Wildman–Crippen LogP) is 4.58. The Balaban J connectivity index is 2.27. The maximum absolute atomic E-state index is 14.5. The highest BCUT2D eigenvalue weighted by atomic mass is 127. The summed E-state index contributed by atoms with van der Waals surface area (Å²) in [5.74, 6) is -0.279. The first-order valence-corrected chi connectivity index (χ1v) is 7.72. The molecule has 1 aromatic carbocycles. The number of halogens is 3. The lowest BCUT2D eigenvalue weighted by atomic mass is 10.1. The molecule has 0 atom stereocenters. The zero-order valence-electron chi connectivity index (χ0n) is 11.0. The number of hydrogen-bond acceptors (Lipinski definition) is 2. The number of rotatable bonds is 3. The van der Waals surface area contributed by atoms with E-state index in [-0.39, 0.29) is 22.4 Å². The second kappa shape index (κ2) is 5.46. The van der Waals surface area contributed by atoms with Crippen molar-refractivity contribution >= 4 is 39.9 Å². The van der Waals surface area contributed by atoms with Crippen LogP contribution in [0.3, 0.4) is 0 Å². The normalized spacial score (nSPS) is 14.0. The van der Waals surface area contributed by atoms with Gasteiger partial charge in [0.15, 0.2) is 0 Å². The van der Waals surface area contributed by atoms with Gasteiger partial charge in [-0.05, 0) is 41.5 Å². The highest BCUT2D eigenvalue weighted by Crippen LogP contribution is 2.46. The molecular weight excluding hydrogens is 408 g/mol. The second-order valence-corrected chi connectivity index (χ2v) is 6.36. The Hall–Kier alpha value is -1.33. The monoisotopic (exact) mass is 417 g/mol. The summed E-state index contributed by atoms with van der Waals surface area (Å²) < 4.78 is 22.5. The molecule has 1 aliphatic carbocycles. The Bertz CT molecular complexity index is 745. The third kappa shape index (κ3) is 2.60. The van der Waals surface area contributed by atoms with Crippen molar-refractivity contribution in [3.05, 3.63) is 38.1 Å². The quantitative estimate of drug-likeness (QED) is 0.541. The first kappa shape index (κ1) is 14.6. The van der Waals surface area contributed by atoms with Crippen molar-refractivity contribution in [1.82, 2.24) is 9.78 Å². The topological polar surface area (TPSA) is 31.4 Å². The van der Waals surface area contributed by atoms with Gasteiger partial charge in [0, 0.05) is 12.6 Å². The van der Waals surface area contributed by atoms with Gasteiger partial charge in [0.25, 0.3) is 0 Å². The minimum absolute atomic E-state index is 0.0509. The average molecular weight is 418 g/mol. The molecule has 108 valence electrons. The Morgan fingerprint density at radius 1 is 1.57 bits per heavy atom. The van der Waals surface area contributed by atoms with E-state index >= 15 is 0 Å². The van der Waals surface area contributed by atoms with Crippen LogP contribution in [0.15, 0.2) is 12.3 Å². The molecule has 0 spiro atoms. The molecule has 0 bridgehead atoms. The molecule has 4 nitrogen and oxygen atoms in total. The van der Waals surface area contributed by atoms with Crippen molar-refractivity contribution < 1.29 is 9.13 Å². The SMILES string of the molecule is [C-]#[N+]c1c(OC2CC2)cc(Cl)c(F)c1-c1c(I)cnn1C. The molecular formula is C14H10ClFIN3O. The highest BCUT2D eigenvalue weighted by molar-refractivity contribution is 14.1. The minimum atomic E-state index is -0.618. The number of hydrogen-bond donors (Lipinski definition) is 0. The Morgan fingerprint density at radius 3 is 2.81 bits per heavy atom. The lowest BCUT2D eigenvalue weighted by Gasteiger charge is -2.14. The third-order valence-corrected chi connectivity index (χ3v) is 4.28. The lowest BCUT2D eigenvalue weighted by molar-refractivity contribution is 0.305. The Labute approximate surface area is 139 Å². The van der Waals surface area contributed by atoms with E-state index in [1.807, 2.05) is 0 Å². The van der Waals surface area contributed by atoms with Gasteiger partial charge in [0.1, 0.15) is 11.6 Å². The molecule has 3 rings (SSSR count). The van der Waals surface area contributed by atoms with E-state index < -0.39 is 5.82 Å². The maximum atomic E-state index is 14.5. The number of ether oxygens (including phenoxy) is 1. The van der Waals surface area contributed by atoms with Crippen LogP contribution in [0.5, 0.6) is 5.75 Å². The van der Waals surface area contributed by atoms with Crippen LogP contribution in [-0.2, 0) is 7.05 Å². The molecule has 0 saturated heterocycles. The van der Waals surface area contributed by atoms with Crippen molar-refractivity contribution in [3.8, 4) is 17.0 Å². The summed E-state index contributed by atoms with van der Waals surface area (Å²) >= 11 is 8.04. The lowest BCUT2D eigenvalue weighted by Crippen LogP contribution is -2.01. The van der Waals surface area contributed by atoms with E-state index in [0.29, 0.717) is 11.4 Å².